The maximum atomic E-state index is 12.3. The summed E-state index contributed by atoms with van der Waals surface area (Å²) < 4.78 is 10.7. The van der Waals surface area contributed by atoms with Gasteiger partial charge in [-0.3, -0.25) is 4.79 Å². The molecule has 2 heterocycles. The Labute approximate surface area is 156 Å². The third-order valence-electron chi connectivity index (χ3n) is 4.43. The summed E-state index contributed by atoms with van der Waals surface area (Å²) >= 11 is 0. The number of nitrogens with zero attached hydrogens (tertiary/aromatic N) is 1. The Morgan fingerprint density at radius 2 is 2.00 bits per heavy atom. The van der Waals surface area contributed by atoms with Crippen molar-refractivity contribution in [3.05, 3.63) is 72.4 Å². The van der Waals surface area contributed by atoms with Crippen LogP contribution in [-0.2, 0) is 6.42 Å². The zero-order chi connectivity index (χ0) is 18.6. The first-order chi connectivity index (χ1) is 13.2. The average Bonchev–Trinajstić information content (AvgIpc) is 3.36. The number of H-pyrrole nitrogens is 1. The van der Waals surface area contributed by atoms with Crippen molar-refractivity contribution in [2.45, 2.75) is 6.42 Å². The van der Waals surface area contributed by atoms with Gasteiger partial charge in [-0.05, 0) is 42.3 Å². The van der Waals surface area contributed by atoms with Crippen molar-refractivity contribution in [3.8, 4) is 17.1 Å². The highest BCUT2D eigenvalue weighted by Gasteiger charge is 2.14. The van der Waals surface area contributed by atoms with Gasteiger partial charge in [-0.25, -0.2) is 4.98 Å². The summed E-state index contributed by atoms with van der Waals surface area (Å²) in [7, 11) is 1.61. The van der Waals surface area contributed by atoms with E-state index in [0.29, 0.717) is 12.3 Å². The largest absolute Gasteiger partial charge is 0.497 e. The van der Waals surface area contributed by atoms with Crippen LogP contribution in [0, 0.1) is 0 Å². The van der Waals surface area contributed by atoms with Crippen molar-refractivity contribution in [2.24, 2.45) is 0 Å². The molecule has 0 unspecified atom stereocenters. The Bertz CT molecular complexity index is 1060. The number of fused-ring (bicyclic) bond motifs is 1. The quantitative estimate of drug-likeness (QED) is 0.547. The molecule has 2 N–H and O–H groups in total. The second-order valence-electron chi connectivity index (χ2n) is 6.12. The number of oxazole rings is 1. The molecule has 6 heteroatoms. The van der Waals surface area contributed by atoms with Crippen molar-refractivity contribution >= 4 is 16.8 Å². The van der Waals surface area contributed by atoms with Gasteiger partial charge in [0.25, 0.3) is 5.89 Å². The number of nitrogens with one attached hydrogen (secondary N) is 2. The van der Waals surface area contributed by atoms with Crippen molar-refractivity contribution in [1.29, 1.82) is 0 Å². The number of hydrogen-bond acceptors (Lipinski definition) is 4. The lowest BCUT2D eigenvalue weighted by atomic mass is 10.1. The standard InChI is InChI=1S/C21H19N3O3/c1-26-16-8-6-14(7-9-16)19-13-24-21(27-19)20(25)22-11-10-15-12-23-18-5-3-2-4-17(15)18/h2-9,12-13,23H,10-11H2,1H3,(H,22,25). The van der Waals surface area contributed by atoms with Crippen LogP contribution in [0.2, 0.25) is 0 Å². The summed E-state index contributed by atoms with van der Waals surface area (Å²) in [5, 5.41) is 4.03. The first-order valence-electron chi connectivity index (χ1n) is 8.68. The van der Waals surface area contributed by atoms with E-state index < -0.39 is 0 Å². The number of amides is 1. The molecule has 6 nitrogen and oxygen atoms in total. The zero-order valence-electron chi connectivity index (χ0n) is 14.9. The summed E-state index contributed by atoms with van der Waals surface area (Å²) in [4.78, 5) is 19.6. The zero-order valence-corrected chi connectivity index (χ0v) is 14.9. The first kappa shape index (κ1) is 16.9. The number of carbonyl (C=O) groups excluding carboxylic acids is 1. The van der Waals surface area contributed by atoms with E-state index in [1.165, 1.54) is 5.39 Å². The minimum absolute atomic E-state index is 0.0553. The van der Waals surface area contributed by atoms with Crippen molar-refractivity contribution in [1.82, 2.24) is 15.3 Å². The summed E-state index contributed by atoms with van der Waals surface area (Å²) in [6.45, 7) is 0.501. The second kappa shape index (κ2) is 7.37. The minimum atomic E-state index is -0.324. The highest BCUT2D eigenvalue weighted by atomic mass is 16.5. The predicted octanol–water partition coefficient (Wildman–Crippen LogP) is 3.80. The van der Waals surface area contributed by atoms with Crippen molar-refractivity contribution in [3.63, 3.8) is 0 Å². The topological polar surface area (TPSA) is 80.1 Å². The third kappa shape index (κ3) is 3.55. The molecule has 2 aromatic carbocycles. The molecule has 4 aromatic rings. The van der Waals surface area contributed by atoms with Crippen LogP contribution in [0.15, 0.2) is 65.3 Å². The molecule has 0 radical (unpaired) electrons. The Morgan fingerprint density at radius 3 is 2.81 bits per heavy atom. The molecule has 136 valence electrons. The molecule has 0 aliphatic rings. The van der Waals surface area contributed by atoms with Crippen LogP contribution in [0.5, 0.6) is 5.75 Å². The first-order valence-corrected chi connectivity index (χ1v) is 8.68. The minimum Gasteiger partial charge on any atom is -0.497 e. The Hall–Kier alpha value is -3.54. The molecule has 0 bridgehead atoms. The molecule has 0 saturated carbocycles. The van der Waals surface area contributed by atoms with Crippen LogP contribution < -0.4 is 10.1 Å². The van der Waals surface area contributed by atoms with Gasteiger partial charge in [0.15, 0.2) is 5.76 Å². The number of aromatic nitrogens is 2. The van der Waals surface area contributed by atoms with Gasteiger partial charge >= 0.3 is 5.91 Å². The number of rotatable bonds is 6. The van der Waals surface area contributed by atoms with Crippen LogP contribution in [0.1, 0.15) is 16.2 Å². The van der Waals surface area contributed by atoms with Crippen molar-refractivity contribution < 1.29 is 13.9 Å². The number of ether oxygens (including phenoxy) is 1. The van der Waals surface area contributed by atoms with Crippen LogP contribution >= 0.6 is 0 Å². The van der Waals surface area contributed by atoms with Gasteiger partial charge in [0, 0.05) is 29.2 Å². The van der Waals surface area contributed by atoms with Crippen LogP contribution in [0.25, 0.3) is 22.2 Å². The SMILES string of the molecule is COc1ccc(-c2cnc(C(=O)NCCc3c[nH]c4ccccc34)o2)cc1. The van der Waals surface area contributed by atoms with Gasteiger partial charge in [0.05, 0.1) is 13.3 Å². The van der Waals surface area contributed by atoms with Gasteiger partial charge in [0.2, 0.25) is 0 Å². The molecule has 0 saturated heterocycles. The number of methoxy groups -OCH3 is 1. The highest BCUT2D eigenvalue weighted by molar-refractivity contribution is 5.90. The van der Waals surface area contributed by atoms with Crippen LogP contribution in [0.4, 0.5) is 0 Å². The smallest absolute Gasteiger partial charge is 0.307 e. The molecule has 4 rings (SSSR count). The predicted molar refractivity (Wildman–Crippen MR) is 103 cm³/mol. The maximum Gasteiger partial charge on any atom is 0.307 e. The Kier molecular flexibility index (Phi) is 4.61. The van der Waals surface area contributed by atoms with Gasteiger partial charge in [-0.1, -0.05) is 18.2 Å². The fourth-order valence-electron chi connectivity index (χ4n) is 2.99. The van der Waals surface area contributed by atoms with E-state index in [1.807, 2.05) is 48.7 Å². The van der Waals surface area contributed by atoms with Gasteiger partial charge in [-0.2, -0.15) is 0 Å². The van der Waals surface area contributed by atoms with E-state index >= 15 is 0 Å². The van der Waals surface area contributed by atoms with E-state index in [2.05, 4.69) is 21.4 Å². The molecular weight excluding hydrogens is 342 g/mol. The fraction of sp³-hybridized carbons (Fsp3) is 0.143. The average molecular weight is 361 g/mol. The van der Waals surface area contributed by atoms with Gasteiger partial charge in [0.1, 0.15) is 5.75 Å². The molecule has 0 aliphatic heterocycles. The number of para-hydroxylation sites is 1. The summed E-state index contributed by atoms with van der Waals surface area (Å²) in [6.07, 6.45) is 4.25. The number of aromatic amines is 1. The molecule has 0 spiro atoms. The van der Waals surface area contributed by atoms with Crippen molar-refractivity contribution in [2.75, 3.05) is 13.7 Å². The molecule has 0 aliphatic carbocycles. The van der Waals surface area contributed by atoms with E-state index in [9.17, 15) is 4.79 Å². The number of carbonyl (C=O) groups is 1. The fourth-order valence-corrected chi connectivity index (χ4v) is 2.99. The monoisotopic (exact) mass is 361 g/mol. The van der Waals surface area contributed by atoms with Gasteiger partial charge < -0.3 is 19.5 Å². The van der Waals surface area contributed by atoms with Crippen LogP contribution in [0.3, 0.4) is 0 Å². The lowest BCUT2D eigenvalue weighted by Gasteiger charge is -2.02. The van der Waals surface area contributed by atoms with E-state index in [-0.39, 0.29) is 11.8 Å². The van der Waals surface area contributed by atoms with E-state index in [1.54, 1.807) is 13.3 Å². The van der Waals surface area contributed by atoms with E-state index in [0.717, 1.165) is 28.8 Å². The lowest BCUT2D eigenvalue weighted by Crippen LogP contribution is -2.25. The number of hydrogen-bond donors (Lipinski definition) is 2. The summed E-state index contributed by atoms with van der Waals surface area (Å²) in [5.41, 5.74) is 3.09. The summed E-state index contributed by atoms with van der Waals surface area (Å²) in [6, 6.07) is 15.5. The molecule has 0 fully saturated rings. The molecule has 2 aromatic heterocycles. The third-order valence-corrected chi connectivity index (χ3v) is 4.43. The number of benzene rings is 2. The Balaban J connectivity index is 1.38. The molecule has 0 atom stereocenters. The molecule has 1 amide bonds. The molecular formula is C21H19N3O3. The summed E-state index contributed by atoms with van der Waals surface area (Å²) in [5.74, 6) is 1.03. The van der Waals surface area contributed by atoms with Crippen LogP contribution in [-0.4, -0.2) is 29.5 Å². The van der Waals surface area contributed by atoms with Gasteiger partial charge in [-0.15, -0.1) is 0 Å². The normalized spacial score (nSPS) is 10.9. The highest BCUT2D eigenvalue weighted by Crippen LogP contribution is 2.23. The lowest BCUT2D eigenvalue weighted by molar-refractivity contribution is 0.0920. The second-order valence-corrected chi connectivity index (χ2v) is 6.12. The molecule has 27 heavy (non-hydrogen) atoms. The van der Waals surface area contributed by atoms with E-state index in [4.69, 9.17) is 9.15 Å². The maximum absolute atomic E-state index is 12.3. The Morgan fingerprint density at radius 1 is 1.19 bits per heavy atom.